The Kier molecular flexibility index (Phi) is 4.82. The van der Waals surface area contributed by atoms with E-state index in [-0.39, 0.29) is 17.8 Å². The first-order chi connectivity index (χ1) is 7.67. The Morgan fingerprint density at radius 2 is 2.00 bits per heavy atom. The summed E-state index contributed by atoms with van der Waals surface area (Å²) in [4.78, 5) is 24.3. The van der Waals surface area contributed by atoms with Crippen LogP contribution in [0.25, 0.3) is 0 Å². The van der Waals surface area contributed by atoms with Crippen LogP contribution in [-0.2, 0) is 14.3 Å². The van der Waals surface area contributed by atoms with Gasteiger partial charge in [0.05, 0.1) is 7.11 Å². The fourth-order valence-corrected chi connectivity index (χ4v) is 1.75. The predicted molar refractivity (Wildman–Crippen MR) is 59.5 cm³/mol. The number of hydrogen-bond donors (Lipinski definition) is 1. The molecule has 0 bridgehead atoms. The number of methoxy groups -OCH3 is 1. The van der Waals surface area contributed by atoms with Gasteiger partial charge in [0.15, 0.2) is 0 Å². The van der Waals surface area contributed by atoms with Crippen molar-refractivity contribution in [3.63, 3.8) is 0 Å². The highest BCUT2D eigenvalue weighted by molar-refractivity contribution is 5.81. The van der Waals surface area contributed by atoms with E-state index in [2.05, 4.69) is 10.1 Å². The number of piperidine rings is 1. The second-order valence-electron chi connectivity index (χ2n) is 3.76. The smallest absolute Gasteiger partial charge is 0.331 e. The molecule has 5 nitrogen and oxygen atoms in total. The molecule has 1 amide bonds. The SMILES string of the molecule is CNC(=O)C1CCN(C=CC(=O)OC)CC1. The third kappa shape index (κ3) is 3.56. The first-order valence-electron chi connectivity index (χ1n) is 5.39. The zero-order chi connectivity index (χ0) is 12.0. The minimum atomic E-state index is -0.353. The molecule has 0 radical (unpaired) electrons. The van der Waals surface area contributed by atoms with Crippen molar-refractivity contribution < 1.29 is 14.3 Å². The summed E-state index contributed by atoms with van der Waals surface area (Å²) >= 11 is 0. The Morgan fingerprint density at radius 1 is 1.38 bits per heavy atom. The van der Waals surface area contributed by atoms with Gasteiger partial charge in [-0.15, -0.1) is 0 Å². The first-order valence-corrected chi connectivity index (χ1v) is 5.39. The van der Waals surface area contributed by atoms with E-state index >= 15 is 0 Å². The molecular formula is C11H18N2O3. The van der Waals surface area contributed by atoms with E-state index in [9.17, 15) is 9.59 Å². The molecule has 0 aromatic rings. The van der Waals surface area contributed by atoms with Gasteiger partial charge in [0, 0.05) is 38.3 Å². The van der Waals surface area contributed by atoms with E-state index in [0.717, 1.165) is 25.9 Å². The van der Waals surface area contributed by atoms with E-state index < -0.39 is 0 Å². The molecule has 0 aliphatic carbocycles. The highest BCUT2D eigenvalue weighted by Gasteiger charge is 2.22. The molecule has 0 unspecified atom stereocenters. The number of esters is 1. The number of nitrogens with zero attached hydrogens (tertiary/aromatic N) is 1. The van der Waals surface area contributed by atoms with E-state index in [1.165, 1.54) is 13.2 Å². The van der Waals surface area contributed by atoms with Gasteiger partial charge in [-0.05, 0) is 12.8 Å². The molecule has 90 valence electrons. The Morgan fingerprint density at radius 3 is 2.50 bits per heavy atom. The van der Waals surface area contributed by atoms with E-state index in [0.29, 0.717) is 0 Å². The first kappa shape index (κ1) is 12.5. The molecule has 5 heteroatoms. The molecule has 1 aliphatic heterocycles. The highest BCUT2D eigenvalue weighted by atomic mass is 16.5. The topological polar surface area (TPSA) is 58.6 Å². The molecule has 16 heavy (non-hydrogen) atoms. The molecule has 0 aromatic heterocycles. The standard InChI is InChI=1S/C11H18N2O3/c1-12-11(15)9-3-6-13(7-4-9)8-5-10(14)16-2/h5,8-9H,3-4,6-7H2,1-2H3,(H,12,15). The van der Waals surface area contributed by atoms with E-state index in [1.54, 1.807) is 13.2 Å². The van der Waals surface area contributed by atoms with Gasteiger partial charge in [-0.25, -0.2) is 4.79 Å². The lowest BCUT2D eigenvalue weighted by molar-refractivity contribution is -0.135. The maximum Gasteiger partial charge on any atom is 0.331 e. The Balaban J connectivity index is 2.35. The van der Waals surface area contributed by atoms with Crippen LogP contribution in [0.15, 0.2) is 12.3 Å². The zero-order valence-corrected chi connectivity index (χ0v) is 9.73. The van der Waals surface area contributed by atoms with Gasteiger partial charge >= 0.3 is 5.97 Å². The van der Waals surface area contributed by atoms with Crippen LogP contribution in [0.3, 0.4) is 0 Å². The minimum absolute atomic E-state index is 0.104. The second-order valence-corrected chi connectivity index (χ2v) is 3.76. The van der Waals surface area contributed by atoms with Crippen molar-refractivity contribution >= 4 is 11.9 Å². The van der Waals surface area contributed by atoms with Crippen LogP contribution in [0.4, 0.5) is 0 Å². The van der Waals surface area contributed by atoms with Gasteiger partial charge in [-0.2, -0.15) is 0 Å². The summed E-state index contributed by atoms with van der Waals surface area (Å²) in [6, 6.07) is 0. The summed E-state index contributed by atoms with van der Waals surface area (Å²) in [7, 11) is 3.01. The molecule has 0 atom stereocenters. The number of rotatable bonds is 3. The maximum atomic E-state index is 11.4. The number of hydrogen-bond acceptors (Lipinski definition) is 4. The monoisotopic (exact) mass is 226 g/mol. The lowest BCUT2D eigenvalue weighted by atomic mass is 9.96. The van der Waals surface area contributed by atoms with Crippen LogP contribution < -0.4 is 5.32 Å². The largest absolute Gasteiger partial charge is 0.466 e. The maximum absolute atomic E-state index is 11.4. The number of carbonyl (C=O) groups is 2. The number of carbonyl (C=O) groups excluding carboxylic acids is 2. The average Bonchev–Trinajstić information content (AvgIpc) is 2.35. The molecule has 1 N–H and O–H groups in total. The van der Waals surface area contributed by atoms with Gasteiger partial charge in [-0.3, -0.25) is 4.79 Å². The number of nitrogens with one attached hydrogen (secondary N) is 1. The molecule has 1 rings (SSSR count). The zero-order valence-electron chi connectivity index (χ0n) is 9.73. The average molecular weight is 226 g/mol. The van der Waals surface area contributed by atoms with Gasteiger partial charge < -0.3 is 15.0 Å². The van der Waals surface area contributed by atoms with Crippen LogP contribution in [0.1, 0.15) is 12.8 Å². The summed E-state index contributed by atoms with van der Waals surface area (Å²) in [5.41, 5.74) is 0. The second kappa shape index (κ2) is 6.15. The molecule has 1 saturated heterocycles. The van der Waals surface area contributed by atoms with Crippen molar-refractivity contribution in [2.45, 2.75) is 12.8 Å². The van der Waals surface area contributed by atoms with E-state index in [4.69, 9.17) is 0 Å². The highest BCUT2D eigenvalue weighted by Crippen LogP contribution is 2.17. The van der Waals surface area contributed by atoms with Crippen LogP contribution >= 0.6 is 0 Å². The third-order valence-electron chi connectivity index (χ3n) is 2.77. The molecule has 0 spiro atoms. The molecule has 0 aromatic carbocycles. The molecular weight excluding hydrogens is 208 g/mol. The quantitative estimate of drug-likeness (QED) is 0.549. The fraction of sp³-hybridized carbons (Fsp3) is 0.636. The van der Waals surface area contributed by atoms with Gasteiger partial charge in [0.25, 0.3) is 0 Å². The van der Waals surface area contributed by atoms with Crippen LogP contribution in [0, 0.1) is 5.92 Å². The van der Waals surface area contributed by atoms with Gasteiger partial charge in [0.1, 0.15) is 0 Å². The van der Waals surface area contributed by atoms with Crippen LogP contribution in [0.5, 0.6) is 0 Å². The number of ether oxygens (including phenoxy) is 1. The van der Waals surface area contributed by atoms with Crippen molar-refractivity contribution in [1.82, 2.24) is 10.2 Å². The summed E-state index contributed by atoms with van der Waals surface area (Å²) in [6.45, 7) is 1.59. The summed E-state index contributed by atoms with van der Waals surface area (Å²) in [5.74, 6) is -0.141. The fourth-order valence-electron chi connectivity index (χ4n) is 1.75. The summed E-state index contributed by atoms with van der Waals surface area (Å²) in [6.07, 6.45) is 4.78. The number of amides is 1. The Bertz CT molecular complexity index is 281. The predicted octanol–water partition coefficient (Wildman–Crippen LogP) is 0.131. The number of likely N-dealkylation sites (tertiary alicyclic amines) is 1. The summed E-state index contributed by atoms with van der Waals surface area (Å²) < 4.78 is 4.50. The molecule has 1 aliphatic rings. The van der Waals surface area contributed by atoms with Crippen molar-refractivity contribution in [3.8, 4) is 0 Å². The molecule has 0 saturated carbocycles. The van der Waals surface area contributed by atoms with Crippen molar-refractivity contribution in [3.05, 3.63) is 12.3 Å². The van der Waals surface area contributed by atoms with Crippen molar-refractivity contribution in [2.75, 3.05) is 27.2 Å². The Labute approximate surface area is 95.4 Å². The molecule has 1 fully saturated rings. The summed E-state index contributed by atoms with van der Waals surface area (Å²) in [5, 5.41) is 2.66. The van der Waals surface area contributed by atoms with Crippen molar-refractivity contribution in [2.24, 2.45) is 5.92 Å². The minimum Gasteiger partial charge on any atom is -0.466 e. The lowest BCUT2D eigenvalue weighted by Gasteiger charge is -2.29. The van der Waals surface area contributed by atoms with E-state index in [1.807, 2.05) is 4.90 Å². The third-order valence-corrected chi connectivity index (χ3v) is 2.77. The van der Waals surface area contributed by atoms with Crippen LogP contribution in [0.2, 0.25) is 0 Å². The van der Waals surface area contributed by atoms with Crippen molar-refractivity contribution in [1.29, 1.82) is 0 Å². The van der Waals surface area contributed by atoms with Gasteiger partial charge in [-0.1, -0.05) is 0 Å². The van der Waals surface area contributed by atoms with Crippen LogP contribution in [-0.4, -0.2) is 44.0 Å². The normalized spacial score (nSPS) is 17.5. The lowest BCUT2D eigenvalue weighted by Crippen LogP contribution is -2.37. The van der Waals surface area contributed by atoms with Gasteiger partial charge in [0.2, 0.25) is 5.91 Å². The molecule has 1 heterocycles. The Hall–Kier alpha value is -1.52.